The second-order valence-corrected chi connectivity index (χ2v) is 4.25. The van der Waals surface area contributed by atoms with Crippen molar-refractivity contribution in [2.75, 3.05) is 6.54 Å². The lowest BCUT2D eigenvalue weighted by atomic mass is 10.1. The van der Waals surface area contributed by atoms with E-state index < -0.39 is 0 Å². The first-order valence-corrected chi connectivity index (χ1v) is 5.72. The Balaban J connectivity index is 2.63. The molecular weight excluding hydrogens is 224 g/mol. The summed E-state index contributed by atoms with van der Waals surface area (Å²) in [5.41, 5.74) is 7.24. The normalized spacial score (nSPS) is 12.2. The molecule has 0 heterocycles. The predicted octanol–water partition coefficient (Wildman–Crippen LogP) is 2.12. The second kappa shape index (κ2) is 5.87. The summed E-state index contributed by atoms with van der Waals surface area (Å²) < 4.78 is 0. The summed E-state index contributed by atoms with van der Waals surface area (Å²) in [4.78, 5) is 11.7. The van der Waals surface area contributed by atoms with Crippen LogP contribution in [0.15, 0.2) is 18.2 Å². The molecule has 0 fully saturated rings. The minimum atomic E-state index is -0.134. The van der Waals surface area contributed by atoms with Crippen molar-refractivity contribution >= 4 is 17.5 Å². The van der Waals surface area contributed by atoms with Crippen LogP contribution in [0.4, 0.5) is 0 Å². The van der Waals surface area contributed by atoms with E-state index in [-0.39, 0.29) is 11.9 Å². The summed E-state index contributed by atoms with van der Waals surface area (Å²) in [6, 6.07) is 5.26. The van der Waals surface area contributed by atoms with E-state index in [1.54, 1.807) is 12.1 Å². The molecular formula is C12H17ClN2O. The molecule has 3 nitrogen and oxygen atoms in total. The Kier molecular flexibility index (Phi) is 4.77. The number of carbonyl (C=O) groups is 1. The van der Waals surface area contributed by atoms with Gasteiger partial charge in [0.25, 0.3) is 5.91 Å². The number of benzene rings is 1. The first-order chi connectivity index (χ1) is 7.54. The van der Waals surface area contributed by atoms with Gasteiger partial charge in [-0.25, -0.2) is 0 Å². The maximum Gasteiger partial charge on any atom is 0.251 e. The largest absolute Gasteiger partial charge is 0.350 e. The summed E-state index contributed by atoms with van der Waals surface area (Å²) in [5.74, 6) is -0.134. The summed E-state index contributed by atoms with van der Waals surface area (Å²) >= 11 is 5.94. The monoisotopic (exact) mass is 240 g/mol. The van der Waals surface area contributed by atoms with Gasteiger partial charge >= 0.3 is 0 Å². The number of hydrogen-bond donors (Lipinski definition) is 2. The van der Waals surface area contributed by atoms with Crippen molar-refractivity contribution in [2.45, 2.75) is 26.3 Å². The van der Waals surface area contributed by atoms with E-state index in [9.17, 15) is 4.79 Å². The van der Waals surface area contributed by atoms with Gasteiger partial charge in [-0.15, -0.1) is 0 Å². The van der Waals surface area contributed by atoms with E-state index in [0.29, 0.717) is 17.1 Å². The zero-order valence-corrected chi connectivity index (χ0v) is 10.3. The predicted molar refractivity (Wildman–Crippen MR) is 66.8 cm³/mol. The fourth-order valence-corrected chi connectivity index (χ4v) is 1.38. The number of nitrogens with two attached hydrogens (primary N) is 1. The maximum atomic E-state index is 11.7. The van der Waals surface area contributed by atoms with Gasteiger partial charge in [0.05, 0.1) is 0 Å². The summed E-state index contributed by atoms with van der Waals surface area (Å²) in [6.45, 7) is 4.37. The minimum absolute atomic E-state index is 0.00451. The van der Waals surface area contributed by atoms with Crippen LogP contribution < -0.4 is 11.1 Å². The number of nitrogens with one attached hydrogen (secondary N) is 1. The molecule has 1 aromatic rings. The average Bonchev–Trinajstić information content (AvgIpc) is 2.29. The van der Waals surface area contributed by atoms with Crippen LogP contribution in [-0.2, 0) is 0 Å². The molecule has 1 unspecified atom stereocenters. The topological polar surface area (TPSA) is 55.1 Å². The Morgan fingerprint density at radius 3 is 2.81 bits per heavy atom. The Labute approximate surface area is 101 Å². The number of hydrogen-bond acceptors (Lipinski definition) is 2. The van der Waals surface area contributed by atoms with Crippen molar-refractivity contribution in [2.24, 2.45) is 5.73 Å². The number of carbonyl (C=O) groups excluding carboxylic acids is 1. The molecule has 1 atom stereocenters. The van der Waals surface area contributed by atoms with Crippen molar-refractivity contribution < 1.29 is 4.79 Å². The van der Waals surface area contributed by atoms with Crippen LogP contribution in [0, 0.1) is 6.92 Å². The second-order valence-electron chi connectivity index (χ2n) is 3.84. The molecule has 0 radical (unpaired) electrons. The fourth-order valence-electron chi connectivity index (χ4n) is 1.20. The van der Waals surface area contributed by atoms with Crippen LogP contribution in [0.1, 0.15) is 29.3 Å². The van der Waals surface area contributed by atoms with Gasteiger partial charge < -0.3 is 11.1 Å². The molecule has 3 N–H and O–H groups in total. The SMILES string of the molecule is CCC(N)CNC(=O)c1ccc(C)c(Cl)c1. The molecule has 4 heteroatoms. The highest BCUT2D eigenvalue weighted by Gasteiger charge is 2.08. The molecule has 0 aliphatic heterocycles. The Morgan fingerprint density at radius 2 is 2.25 bits per heavy atom. The first kappa shape index (κ1) is 13.0. The minimum Gasteiger partial charge on any atom is -0.350 e. The summed E-state index contributed by atoms with van der Waals surface area (Å²) in [6.07, 6.45) is 0.842. The number of aryl methyl sites for hydroxylation is 1. The highest BCUT2D eigenvalue weighted by molar-refractivity contribution is 6.31. The number of halogens is 1. The lowest BCUT2D eigenvalue weighted by molar-refractivity contribution is 0.0951. The Hall–Kier alpha value is -1.06. The van der Waals surface area contributed by atoms with Gasteiger partial charge in [-0.05, 0) is 31.0 Å². The van der Waals surface area contributed by atoms with E-state index >= 15 is 0 Å². The molecule has 16 heavy (non-hydrogen) atoms. The van der Waals surface area contributed by atoms with E-state index in [1.807, 2.05) is 19.9 Å². The molecule has 88 valence electrons. The van der Waals surface area contributed by atoms with Crippen LogP contribution in [0.25, 0.3) is 0 Å². The van der Waals surface area contributed by atoms with E-state index in [0.717, 1.165) is 12.0 Å². The third-order valence-corrected chi connectivity index (χ3v) is 2.89. The highest BCUT2D eigenvalue weighted by atomic mass is 35.5. The summed E-state index contributed by atoms with van der Waals surface area (Å²) in [7, 11) is 0. The fraction of sp³-hybridized carbons (Fsp3) is 0.417. The molecule has 1 amide bonds. The van der Waals surface area contributed by atoms with Crippen molar-refractivity contribution in [3.8, 4) is 0 Å². The van der Waals surface area contributed by atoms with Gasteiger partial charge in [-0.3, -0.25) is 4.79 Å². The first-order valence-electron chi connectivity index (χ1n) is 5.34. The molecule has 1 rings (SSSR count). The third kappa shape index (κ3) is 3.51. The number of rotatable bonds is 4. The molecule has 0 aromatic heterocycles. The lowest BCUT2D eigenvalue weighted by Gasteiger charge is -2.10. The summed E-state index contributed by atoms with van der Waals surface area (Å²) in [5, 5.41) is 3.38. The van der Waals surface area contributed by atoms with Crippen molar-refractivity contribution in [3.05, 3.63) is 34.3 Å². The zero-order chi connectivity index (χ0) is 12.1. The van der Waals surface area contributed by atoms with Crippen LogP contribution in [0.3, 0.4) is 0 Å². The standard InChI is InChI=1S/C12H17ClN2O/c1-3-10(14)7-15-12(16)9-5-4-8(2)11(13)6-9/h4-6,10H,3,7,14H2,1-2H3,(H,15,16). The van der Waals surface area contributed by atoms with Crippen LogP contribution in [-0.4, -0.2) is 18.5 Å². The van der Waals surface area contributed by atoms with Gasteiger partial charge in [0.1, 0.15) is 0 Å². The molecule has 0 bridgehead atoms. The molecule has 0 aliphatic rings. The van der Waals surface area contributed by atoms with Crippen LogP contribution >= 0.6 is 11.6 Å². The number of amides is 1. The highest BCUT2D eigenvalue weighted by Crippen LogP contribution is 2.16. The van der Waals surface area contributed by atoms with Crippen LogP contribution in [0.5, 0.6) is 0 Å². The quantitative estimate of drug-likeness (QED) is 0.847. The molecule has 1 aromatic carbocycles. The molecule has 0 spiro atoms. The van der Waals surface area contributed by atoms with Crippen molar-refractivity contribution in [3.63, 3.8) is 0 Å². The Morgan fingerprint density at radius 1 is 1.56 bits per heavy atom. The third-order valence-electron chi connectivity index (χ3n) is 2.48. The van der Waals surface area contributed by atoms with Crippen LogP contribution in [0.2, 0.25) is 5.02 Å². The maximum absolute atomic E-state index is 11.7. The van der Waals surface area contributed by atoms with Gasteiger partial charge in [0.15, 0.2) is 0 Å². The smallest absolute Gasteiger partial charge is 0.251 e. The lowest BCUT2D eigenvalue weighted by Crippen LogP contribution is -2.36. The van der Waals surface area contributed by atoms with Gasteiger partial charge in [0, 0.05) is 23.2 Å². The van der Waals surface area contributed by atoms with Crippen molar-refractivity contribution in [1.82, 2.24) is 5.32 Å². The van der Waals surface area contributed by atoms with Gasteiger partial charge in [-0.1, -0.05) is 24.6 Å². The van der Waals surface area contributed by atoms with E-state index in [2.05, 4.69) is 5.32 Å². The Bertz CT molecular complexity index is 379. The van der Waals surface area contributed by atoms with E-state index in [4.69, 9.17) is 17.3 Å². The molecule has 0 aliphatic carbocycles. The molecule has 0 saturated carbocycles. The van der Waals surface area contributed by atoms with E-state index in [1.165, 1.54) is 0 Å². The van der Waals surface area contributed by atoms with Gasteiger partial charge in [0.2, 0.25) is 0 Å². The average molecular weight is 241 g/mol. The van der Waals surface area contributed by atoms with Crippen molar-refractivity contribution in [1.29, 1.82) is 0 Å². The molecule has 0 saturated heterocycles. The van der Waals surface area contributed by atoms with Gasteiger partial charge in [-0.2, -0.15) is 0 Å². The zero-order valence-electron chi connectivity index (χ0n) is 9.59.